The third-order valence-electron chi connectivity index (χ3n) is 2.97. The first-order valence-corrected chi connectivity index (χ1v) is 8.51. The lowest BCUT2D eigenvalue weighted by atomic mass is 9.98. The molecule has 0 saturated carbocycles. The third-order valence-corrected chi connectivity index (χ3v) is 5.02. The molecule has 1 unspecified atom stereocenters. The van der Waals surface area contributed by atoms with Gasteiger partial charge in [-0.3, -0.25) is 0 Å². The molecule has 1 nitrogen and oxygen atoms in total. The molecule has 106 valence electrons. The summed E-state index contributed by atoms with van der Waals surface area (Å²) in [5.41, 5.74) is 2.09. The number of hydrogen-bond acceptors (Lipinski definition) is 1. The highest BCUT2D eigenvalue weighted by atomic mass is 79.9. The van der Waals surface area contributed by atoms with Crippen molar-refractivity contribution in [1.82, 2.24) is 5.32 Å². The van der Waals surface area contributed by atoms with Crippen molar-refractivity contribution in [3.05, 3.63) is 66.5 Å². The zero-order valence-corrected chi connectivity index (χ0v) is 15.4. The van der Waals surface area contributed by atoms with Crippen LogP contribution in [0.25, 0.3) is 0 Å². The van der Waals surface area contributed by atoms with Crippen molar-refractivity contribution in [3.63, 3.8) is 0 Å². The molecule has 0 aromatic heterocycles. The quantitative estimate of drug-likeness (QED) is 0.598. The van der Waals surface area contributed by atoms with Gasteiger partial charge in [-0.15, -0.1) is 0 Å². The normalized spacial score (nSPS) is 12.4. The van der Waals surface area contributed by atoms with E-state index >= 15 is 0 Å². The Morgan fingerprint density at radius 2 is 1.85 bits per heavy atom. The second-order valence-corrected chi connectivity index (χ2v) is 6.85. The molecule has 5 heteroatoms. The number of halogens is 4. The van der Waals surface area contributed by atoms with Gasteiger partial charge in [-0.2, -0.15) is 0 Å². The van der Waals surface area contributed by atoms with E-state index in [-0.39, 0.29) is 6.04 Å². The summed E-state index contributed by atoms with van der Waals surface area (Å²) in [5.74, 6) is 0. The Morgan fingerprint density at radius 3 is 2.55 bits per heavy atom. The van der Waals surface area contributed by atoms with Gasteiger partial charge in [0.2, 0.25) is 0 Å². The molecule has 2 rings (SSSR count). The molecule has 0 aliphatic heterocycles. The molecular formula is C15H13Br2Cl2N. The van der Waals surface area contributed by atoms with Crippen molar-refractivity contribution in [2.24, 2.45) is 0 Å². The van der Waals surface area contributed by atoms with Crippen LogP contribution in [0.2, 0.25) is 10.0 Å². The maximum Gasteiger partial charge on any atom is 0.0643 e. The van der Waals surface area contributed by atoms with Crippen LogP contribution in [0.4, 0.5) is 0 Å². The number of benzene rings is 2. The van der Waals surface area contributed by atoms with Crippen LogP contribution >= 0.6 is 55.1 Å². The first-order chi connectivity index (χ1) is 9.54. The van der Waals surface area contributed by atoms with Gasteiger partial charge in [-0.25, -0.2) is 0 Å². The summed E-state index contributed by atoms with van der Waals surface area (Å²) in [7, 11) is 0. The number of hydrogen-bond donors (Lipinski definition) is 1. The molecule has 0 fully saturated rings. The molecular weight excluding hydrogens is 425 g/mol. The highest BCUT2D eigenvalue weighted by Gasteiger charge is 2.19. The maximum absolute atomic E-state index is 6.37. The summed E-state index contributed by atoms with van der Waals surface area (Å²) in [4.78, 5) is 0. The SMILES string of the molecule is CCNC(c1cc(Br)ccc1Br)c1cccc(Cl)c1Cl. The second-order valence-electron chi connectivity index (χ2n) is 4.30. The molecule has 2 aromatic rings. The van der Waals surface area contributed by atoms with E-state index in [1.165, 1.54) is 0 Å². The minimum Gasteiger partial charge on any atom is -0.306 e. The molecule has 0 spiro atoms. The van der Waals surface area contributed by atoms with Gasteiger partial charge in [0.15, 0.2) is 0 Å². The molecule has 0 aliphatic carbocycles. The highest BCUT2D eigenvalue weighted by Crippen LogP contribution is 2.36. The van der Waals surface area contributed by atoms with Gasteiger partial charge < -0.3 is 5.32 Å². The van der Waals surface area contributed by atoms with Gasteiger partial charge in [-0.05, 0) is 41.9 Å². The minimum absolute atomic E-state index is 0.0157. The average molecular weight is 438 g/mol. The maximum atomic E-state index is 6.37. The Labute approximate surface area is 145 Å². The predicted octanol–water partition coefficient (Wildman–Crippen LogP) is 6.22. The first kappa shape index (κ1) is 16.3. The molecule has 0 saturated heterocycles. The largest absolute Gasteiger partial charge is 0.306 e. The van der Waals surface area contributed by atoms with E-state index in [9.17, 15) is 0 Å². The Hall–Kier alpha value is -0.0600. The standard InChI is InChI=1S/C15H13Br2Cl2N/c1-2-20-15(10-4-3-5-13(18)14(10)19)11-8-9(16)6-7-12(11)17/h3-8,15,20H,2H2,1H3. The van der Waals surface area contributed by atoms with E-state index in [1.54, 1.807) is 6.07 Å². The first-order valence-electron chi connectivity index (χ1n) is 6.16. The summed E-state index contributed by atoms with van der Waals surface area (Å²) in [6.45, 7) is 2.89. The van der Waals surface area contributed by atoms with E-state index in [0.717, 1.165) is 26.6 Å². The number of nitrogens with one attached hydrogen (secondary N) is 1. The fourth-order valence-corrected chi connectivity index (χ4v) is 3.34. The minimum atomic E-state index is -0.0157. The van der Waals surface area contributed by atoms with E-state index in [2.05, 4.69) is 50.2 Å². The van der Waals surface area contributed by atoms with Gasteiger partial charge in [0.25, 0.3) is 0 Å². The average Bonchev–Trinajstić information content (AvgIpc) is 2.43. The molecule has 1 N–H and O–H groups in total. The summed E-state index contributed by atoms with van der Waals surface area (Å²) in [6.07, 6.45) is 0. The Morgan fingerprint density at radius 1 is 1.10 bits per heavy atom. The fourth-order valence-electron chi connectivity index (χ4n) is 2.07. The molecule has 1 atom stereocenters. The molecule has 0 aliphatic rings. The molecule has 0 heterocycles. The monoisotopic (exact) mass is 435 g/mol. The van der Waals surface area contributed by atoms with Crippen LogP contribution in [-0.4, -0.2) is 6.54 Å². The van der Waals surface area contributed by atoms with Crippen LogP contribution in [0.15, 0.2) is 45.3 Å². The lowest BCUT2D eigenvalue weighted by molar-refractivity contribution is 0.628. The van der Waals surface area contributed by atoms with Gasteiger partial charge >= 0.3 is 0 Å². The Kier molecular flexibility index (Phi) is 5.94. The van der Waals surface area contributed by atoms with E-state index in [4.69, 9.17) is 23.2 Å². The fraction of sp³-hybridized carbons (Fsp3) is 0.200. The Balaban J connectivity index is 2.56. The summed E-state index contributed by atoms with van der Waals surface area (Å²) < 4.78 is 2.06. The van der Waals surface area contributed by atoms with Gasteiger partial charge in [-0.1, -0.05) is 74.1 Å². The Bertz CT molecular complexity index is 615. The third kappa shape index (κ3) is 3.58. The van der Waals surface area contributed by atoms with Gasteiger partial charge in [0.1, 0.15) is 0 Å². The van der Waals surface area contributed by atoms with Crippen molar-refractivity contribution in [1.29, 1.82) is 0 Å². The van der Waals surface area contributed by atoms with Crippen molar-refractivity contribution in [2.75, 3.05) is 6.54 Å². The summed E-state index contributed by atoms with van der Waals surface area (Å²) in [6, 6.07) is 11.8. The van der Waals surface area contributed by atoms with Crippen molar-refractivity contribution in [3.8, 4) is 0 Å². The molecule has 2 aromatic carbocycles. The van der Waals surface area contributed by atoms with Crippen molar-refractivity contribution < 1.29 is 0 Å². The zero-order chi connectivity index (χ0) is 14.7. The van der Waals surface area contributed by atoms with Crippen molar-refractivity contribution in [2.45, 2.75) is 13.0 Å². The van der Waals surface area contributed by atoms with Crippen LogP contribution in [0, 0.1) is 0 Å². The zero-order valence-electron chi connectivity index (χ0n) is 10.8. The van der Waals surface area contributed by atoms with Crippen LogP contribution in [0.5, 0.6) is 0 Å². The van der Waals surface area contributed by atoms with Crippen LogP contribution < -0.4 is 5.32 Å². The smallest absolute Gasteiger partial charge is 0.0643 e. The van der Waals surface area contributed by atoms with E-state index in [0.29, 0.717) is 10.0 Å². The van der Waals surface area contributed by atoms with E-state index in [1.807, 2.05) is 24.3 Å². The molecule has 0 radical (unpaired) electrons. The summed E-state index contributed by atoms with van der Waals surface area (Å²) in [5, 5.41) is 4.61. The van der Waals surface area contributed by atoms with Crippen LogP contribution in [0.3, 0.4) is 0 Å². The molecule has 20 heavy (non-hydrogen) atoms. The van der Waals surface area contributed by atoms with Gasteiger partial charge in [0, 0.05) is 8.95 Å². The second kappa shape index (κ2) is 7.28. The van der Waals surface area contributed by atoms with Crippen LogP contribution in [0.1, 0.15) is 24.1 Å². The lowest BCUT2D eigenvalue weighted by Gasteiger charge is -2.22. The molecule has 0 amide bonds. The topological polar surface area (TPSA) is 12.0 Å². The highest BCUT2D eigenvalue weighted by molar-refractivity contribution is 9.11. The predicted molar refractivity (Wildman–Crippen MR) is 93.8 cm³/mol. The van der Waals surface area contributed by atoms with E-state index < -0.39 is 0 Å². The molecule has 0 bridgehead atoms. The lowest BCUT2D eigenvalue weighted by Crippen LogP contribution is -2.22. The van der Waals surface area contributed by atoms with Crippen LogP contribution in [-0.2, 0) is 0 Å². The van der Waals surface area contributed by atoms with Gasteiger partial charge in [0.05, 0.1) is 16.1 Å². The van der Waals surface area contributed by atoms with Crippen molar-refractivity contribution >= 4 is 55.1 Å². The number of rotatable bonds is 4. The summed E-state index contributed by atoms with van der Waals surface area (Å²) >= 11 is 19.6.